The molecule has 0 bridgehead atoms. The van der Waals surface area contributed by atoms with Gasteiger partial charge in [0.15, 0.2) is 5.78 Å². The number of imidazole rings is 1. The largest absolute Gasteiger partial charge is 0.448 e. The van der Waals surface area contributed by atoms with Crippen LogP contribution < -0.4 is 0 Å². The lowest BCUT2D eigenvalue weighted by Crippen LogP contribution is -2.26. The number of carbonyl (C=O) groups excluding carboxylic acids is 2. The number of ether oxygens (including phenoxy) is 2. The van der Waals surface area contributed by atoms with E-state index in [1.54, 1.807) is 17.8 Å². The predicted octanol–water partition coefficient (Wildman–Crippen LogP) is 2.87. The zero-order valence-electron chi connectivity index (χ0n) is 13.7. The Morgan fingerprint density at radius 3 is 2.54 bits per heavy atom. The van der Waals surface area contributed by atoms with E-state index in [1.807, 2.05) is 37.3 Å². The summed E-state index contributed by atoms with van der Waals surface area (Å²) in [7, 11) is 0. The van der Waals surface area contributed by atoms with Gasteiger partial charge in [-0.05, 0) is 19.4 Å². The molecule has 3 rings (SSSR count). The highest BCUT2D eigenvalue weighted by Crippen LogP contribution is 2.26. The van der Waals surface area contributed by atoms with Crippen LogP contribution in [0.4, 0.5) is 0 Å². The van der Waals surface area contributed by atoms with Crippen molar-refractivity contribution in [3.05, 3.63) is 65.6 Å². The maximum absolute atomic E-state index is 12.7. The molecular weight excluding hydrogens is 308 g/mol. The highest BCUT2D eigenvalue weighted by molar-refractivity contribution is 5.99. The third-order valence-corrected chi connectivity index (χ3v) is 3.98. The van der Waals surface area contributed by atoms with Crippen molar-refractivity contribution < 1.29 is 19.1 Å². The number of benzene rings is 1. The van der Waals surface area contributed by atoms with Crippen LogP contribution in [-0.4, -0.2) is 27.4 Å². The fourth-order valence-electron chi connectivity index (χ4n) is 2.68. The average molecular weight is 326 g/mol. The van der Waals surface area contributed by atoms with Crippen LogP contribution in [0.1, 0.15) is 42.9 Å². The fraction of sp³-hybridized carbons (Fsp3) is 0.278. The van der Waals surface area contributed by atoms with Gasteiger partial charge in [-0.25, -0.2) is 4.98 Å². The summed E-state index contributed by atoms with van der Waals surface area (Å²) in [5.41, 5.74) is 1.42. The highest BCUT2D eigenvalue weighted by Gasteiger charge is 2.35. The number of hydrogen-bond acceptors (Lipinski definition) is 5. The number of nitrogens with zero attached hydrogens (tertiary/aromatic N) is 2. The molecule has 0 fully saturated rings. The molecule has 2 atom stereocenters. The van der Waals surface area contributed by atoms with Crippen molar-refractivity contribution in [2.45, 2.75) is 33.1 Å². The summed E-state index contributed by atoms with van der Waals surface area (Å²) in [6.45, 7) is 4.96. The standard InChI is InChI=1S/C18H18N2O4/c1-11(14-7-5-4-6-8-14)20-10-19-9-15(20)16(22)18-23-13(3)17(24-18)12(2)21/h4-11,18H,1-3H3/t11-,18?/m1/s1. The fourth-order valence-corrected chi connectivity index (χ4v) is 2.68. The molecule has 1 aromatic heterocycles. The lowest BCUT2D eigenvalue weighted by Gasteiger charge is -2.18. The van der Waals surface area contributed by atoms with Gasteiger partial charge in [0.05, 0.1) is 18.6 Å². The molecule has 124 valence electrons. The Labute approximate surface area is 139 Å². The quantitative estimate of drug-likeness (QED) is 0.790. The molecule has 6 heteroatoms. The Bertz CT molecular complexity index is 807. The van der Waals surface area contributed by atoms with Crippen LogP contribution in [0.5, 0.6) is 0 Å². The minimum Gasteiger partial charge on any atom is -0.448 e. The van der Waals surface area contributed by atoms with Crippen molar-refractivity contribution in [1.29, 1.82) is 0 Å². The minimum atomic E-state index is -1.15. The SMILES string of the molecule is CC(=O)C1=C(C)OC(C(=O)c2cncn2[C@H](C)c2ccccc2)O1. The van der Waals surface area contributed by atoms with Crippen molar-refractivity contribution in [2.24, 2.45) is 0 Å². The highest BCUT2D eigenvalue weighted by atomic mass is 16.7. The van der Waals surface area contributed by atoms with Gasteiger partial charge < -0.3 is 14.0 Å². The Balaban J connectivity index is 1.84. The maximum Gasteiger partial charge on any atom is 0.307 e. The lowest BCUT2D eigenvalue weighted by molar-refractivity contribution is -0.118. The summed E-state index contributed by atoms with van der Waals surface area (Å²) in [4.78, 5) is 28.3. The monoisotopic (exact) mass is 326 g/mol. The van der Waals surface area contributed by atoms with Crippen molar-refractivity contribution in [3.63, 3.8) is 0 Å². The first-order valence-corrected chi connectivity index (χ1v) is 7.65. The van der Waals surface area contributed by atoms with Gasteiger partial charge in [0, 0.05) is 6.92 Å². The smallest absolute Gasteiger partial charge is 0.307 e. The summed E-state index contributed by atoms with van der Waals surface area (Å²) >= 11 is 0. The third kappa shape index (κ3) is 2.82. The number of allylic oxidation sites excluding steroid dienone is 2. The Kier molecular flexibility index (Phi) is 4.20. The average Bonchev–Trinajstić information content (AvgIpc) is 3.21. The number of Topliss-reactive ketones (excluding diaryl/α,β-unsaturated/α-hetero) is 2. The van der Waals surface area contributed by atoms with Crippen LogP contribution in [0, 0.1) is 0 Å². The minimum absolute atomic E-state index is 0.0737. The van der Waals surface area contributed by atoms with Crippen LogP contribution in [0.25, 0.3) is 0 Å². The second-order valence-corrected chi connectivity index (χ2v) is 5.65. The Hall–Kier alpha value is -2.89. The summed E-state index contributed by atoms with van der Waals surface area (Å²) in [6, 6.07) is 9.73. The molecule has 24 heavy (non-hydrogen) atoms. The molecule has 0 saturated heterocycles. The maximum atomic E-state index is 12.7. The number of rotatable bonds is 5. The molecular formula is C18H18N2O4. The van der Waals surface area contributed by atoms with Crippen LogP contribution in [0.3, 0.4) is 0 Å². The van der Waals surface area contributed by atoms with Gasteiger partial charge in [-0.1, -0.05) is 30.3 Å². The molecule has 1 unspecified atom stereocenters. The molecule has 2 aromatic rings. The van der Waals surface area contributed by atoms with Gasteiger partial charge in [-0.3, -0.25) is 9.59 Å². The number of ketones is 2. The van der Waals surface area contributed by atoms with Crippen LogP contribution >= 0.6 is 0 Å². The second kappa shape index (κ2) is 6.31. The Morgan fingerprint density at radius 1 is 1.21 bits per heavy atom. The summed E-state index contributed by atoms with van der Waals surface area (Å²) in [5.74, 6) is -0.224. The van der Waals surface area contributed by atoms with Gasteiger partial charge in [0.1, 0.15) is 11.5 Å². The van der Waals surface area contributed by atoms with Crippen LogP contribution in [-0.2, 0) is 14.3 Å². The number of carbonyl (C=O) groups is 2. The van der Waals surface area contributed by atoms with E-state index in [1.165, 1.54) is 13.1 Å². The van der Waals surface area contributed by atoms with Crippen LogP contribution in [0.2, 0.25) is 0 Å². The van der Waals surface area contributed by atoms with E-state index in [0.717, 1.165) is 5.56 Å². The molecule has 0 spiro atoms. The molecule has 1 aliphatic rings. The van der Waals surface area contributed by atoms with Gasteiger partial charge >= 0.3 is 6.29 Å². The van der Waals surface area contributed by atoms with E-state index in [4.69, 9.17) is 9.47 Å². The molecule has 0 saturated carbocycles. The molecule has 0 N–H and O–H groups in total. The zero-order chi connectivity index (χ0) is 17.3. The van der Waals surface area contributed by atoms with Crippen molar-refractivity contribution >= 4 is 11.6 Å². The molecule has 0 amide bonds. The molecule has 0 aliphatic carbocycles. The topological polar surface area (TPSA) is 70.4 Å². The van der Waals surface area contributed by atoms with E-state index in [-0.39, 0.29) is 23.4 Å². The summed E-state index contributed by atoms with van der Waals surface area (Å²) < 4.78 is 12.6. The van der Waals surface area contributed by atoms with Gasteiger partial charge in [0.25, 0.3) is 5.78 Å². The first-order valence-electron chi connectivity index (χ1n) is 7.65. The van der Waals surface area contributed by atoms with Gasteiger partial charge in [-0.15, -0.1) is 0 Å². The van der Waals surface area contributed by atoms with Gasteiger partial charge in [0.2, 0.25) is 5.76 Å². The van der Waals surface area contributed by atoms with E-state index in [2.05, 4.69) is 4.98 Å². The molecule has 0 radical (unpaired) electrons. The third-order valence-electron chi connectivity index (χ3n) is 3.98. The molecule has 1 aliphatic heterocycles. The second-order valence-electron chi connectivity index (χ2n) is 5.65. The van der Waals surface area contributed by atoms with E-state index in [0.29, 0.717) is 11.5 Å². The van der Waals surface area contributed by atoms with Gasteiger partial charge in [-0.2, -0.15) is 0 Å². The lowest BCUT2D eigenvalue weighted by atomic mass is 10.1. The van der Waals surface area contributed by atoms with Crippen molar-refractivity contribution in [3.8, 4) is 0 Å². The van der Waals surface area contributed by atoms with E-state index in [9.17, 15) is 9.59 Å². The first kappa shape index (κ1) is 16.0. The first-order chi connectivity index (χ1) is 11.5. The van der Waals surface area contributed by atoms with E-state index < -0.39 is 6.29 Å². The van der Waals surface area contributed by atoms with Crippen molar-refractivity contribution in [1.82, 2.24) is 9.55 Å². The predicted molar refractivity (Wildman–Crippen MR) is 86.2 cm³/mol. The van der Waals surface area contributed by atoms with Crippen LogP contribution in [0.15, 0.2) is 54.4 Å². The summed E-state index contributed by atoms with van der Waals surface area (Å²) in [5, 5.41) is 0. The normalized spacial score (nSPS) is 18.0. The van der Waals surface area contributed by atoms with E-state index >= 15 is 0 Å². The molecule has 6 nitrogen and oxygen atoms in total. The number of hydrogen-bond donors (Lipinski definition) is 0. The Morgan fingerprint density at radius 2 is 1.92 bits per heavy atom. The summed E-state index contributed by atoms with van der Waals surface area (Å²) in [6.07, 6.45) is 1.93. The molecule has 1 aromatic carbocycles. The zero-order valence-corrected chi connectivity index (χ0v) is 13.7. The molecule has 2 heterocycles. The number of aromatic nitrogens is 2. The van der Waals surface area contributed by atoms with Crippen molar-refractivity contribution in [2.75, 3.05) is 0 Å².